The molecule has 1 heterocycles. The molecule has 0 saturated carbocycles. The predicted molar refractivity (Wildman–Crippen MR) is 85.7 cm³/mol. The van der Waals surface area contributed by atoms with Gasteiger partial charge in [0.2, 0.25) is 0 Å². The molecule has 1 aromatic heterocycles. The second-order valence-corrected chi connectivity index (χ2v) is 6.53. The average Bonchev–Trinajstić information content (AvgIpc) is 2.84. The Morgan fingerprint density at radius 2 is 2.04 bits per heavy atom. The molecule has 0 fully saturated rings. The Morgan fingerprint density at radius 1 is 1.35 bits per heavy atom. The van der Waals surface area contributed by atoms with Gasteiger partial charge in [-0.2, -0.15) is 0 Å². The van der Waals surface area contributed by atoms with Crippen molar-refractivity contribution >= 4 is 23.0 Å². The lowest BCUT2D eigenvalue weighted by atomic mass is 10.0. The third-order valence-electron chi connectivity index (χ3n) is 3.16. The molecular formula is C17H21NO5. The highest BCUT2D eigenvalue weighted by Gasteiger charge is 2.19. The van der Waals surface area contributed by atoms with Gasteiger partial charge in [-0.15, -0.1) is 0 Å². The summed E-state index contributed by atoms with van der Waals surface area (Å²) in [5.74, 6) is -0.998. The molecule has 0 spiro atoms. The fourth-order valence-corrected chi connectivity index (χ4v) is 2.32. The fourth-order valence-electron chi connectivity index (χ4n) is 2.32. The van der Waals surface area contributed by atoms with Crippen molar-refractivity contribution in [2.24, 2.45) is 0 Å². The largest absolute Gasteiger partial charge is 0.478 e. The lowest BCUT2D eigenvalue weighted by Crippen LogP contribution is -2.38. The Labute approximate surface area is 134 Å². The molecule has 124 valence electrons. The maximum Gasteiger partial charge on any atom is 0.407 e. The summed E-state index contributed by atoms with van der Waals surface area (Å²) in [6.45, 7) is 7.20. The topological polar surface area (TPSA) is 88.8 Å². The molecule has 2 aromatic rings. The number of aromatic carboxylic acids is 1. The lowest BCUT2D eigenvalue weighted by Gasteiger charge is -2.22. The van der Waals surface area contributed by atoms with Gasteiger partial charge in [0.05, 0.1) is 11.8 Å². The van der Waals surface area contributed by atoms with E-state index >= 15 is 0 Å². The van der Waals surface area contributed by atoms with Crippen molar-refractivity contribution in [1.29, 1.82) is 0 Å². The number of carboxylic acid groups (broad SMARTS) is 1. The van der Waals surface area contributed by atoms with E-state index in [0.717, 1.165) is 10.9 Å². The minimum absolute atomic E-state index is 0.193. The number of hydrogen-bond acceptors (Lipinski definition) is 4. The Kier molecular flexibility index (Phi) is 4.63. The minimum Gasteiger partial charge on any atom is -0.478 e. The van der Waals surface area contributed by atoms with Gasteiger partial charge in [0.15, 0.2) is 0 Å². The van der Waals surface area contributed by atoms with E-state index in [1.807, 2.05) is 6.92 Å². The number of alkyl carbamates (subject to hydrolysis) is 1. The van der Waals surface area contributed by atoms with Crippen molar-refractivity contribution in [2.75, 3.05) is 0 Å². The molecule has 0 saturated heterocycles. The van der Waals surface area contributed by atoms with Gasteiger partial charge < -0.3 is 19.6 Å². The number of carbonyl (C=O) groups is 2. The van der Waals surface area contributed by atoms with Crippen LogP contribution in [-0.2, 0) is 11.2 Å². The van der Waals surface area contributed by atoms with Gasteiger partial charge in [0.25, 0.3) is 0 Å². The molecule has 0 aliphatic rings. The number of furan rings is 1. The summed E-state index contributed by atoms with van der Waals surface area (Å²) in [5.41, 5.74) is 0.987. The van der Waals surface area contributed by atoms with Gasteiger partial charge in [-0.3, -0.25) is 0 Å². The van der Waals surface area contributed by atoms with Crippen LogP contribution in [0.3, 0.4) is 0 Å². The molecule has 0 aliphatic heterocycles. The maximum atomic E-state index is 11.8. The highest BCUT2D eigenvalue weighted by atomic mass is 16.6. The summed E-state index contributed by atoms with van der Waals surface area (Å²) >= 11 is 0. The zero-order valence-corrected chi connectivity index (χ0v) is 13.7. The fraction of sp³-hybridized carbons (Fsp3) is 0.412. The molecule has 2 N–H and O–H groups in total. The Bertz CT molecular complexity index is 726. The summed E-state index contributed by atoms with van der Waals surface area (Å²) in [4.78, 5) is 23.0. The predicted octanol–water partition coefficient (Wildman–Crippen LogP) is 3.59. The highest BCUT2D eigenvalue weighted by molar-refractivity contribution is 5.94. The molecule has 6 heteroatoms. The summed E-state index contributed by atoms with van der Waals surface area (Å²) in [5, 5.41) is 12.7. The van der Waals surface area contributed by atoms with Crippen LogP contribution >= 0.6 is 0 Å². The minimum atomic E-state index is -0.998. The Balaban J connectivity index is 2.16. The van der Waals surface area contributed by atoms with Gasteiger partial charge in [0.1, 0.15) is 11.2 Å². The van der Waals surface area contributed by atoms with E-state index in [-0.39, 0.29) is 11.6 Å². The quantitative estimate of drug-likeness (QED) is 0.899. The summed E-state index contributed by atoms with van der Waals surface area (Å²) < 4.78 is 10.6. The van der Waals surface area contributed by atoms with E-state index < -0.39 is 17.7 Å². The second kappa shape index (κ2) is 6.32. The number of carboxylic acids is 1. The third kappa shape index (κ3) is 4.48. The SMILES string of the molecule is CC(Cc1cc(C(=O)O)cc2ccoc12)NC(=O)OC(C)(C)C. The monoisotopic (exact) mass is 319 g/mol. The smallest absolute Gasteiger partial charge is 0.407 e. The van der Waals surface area contributed by atoms with Crippen molar-refractivity contribution in [3.63, 3.8) is 0 Å². The van der Waals surface area contributed by atoms with Gasteiger partial charge in [-0.1, -0.05) is 0 Å². The molecule has 1 aromatic carbocycles. The van der Waals surface area contributed by atoms with E-state index in [2.05, 4.69) is 5.32 Å². The number of hydrogen-bond donors (Lipinski definition) is 2. The maximum absolute atomic E-state index is 11.8. The number of benzene rings is 1. The molecule has 1 amide bonds. The zero-order chi connectivity index (χ0) is 17.2. The van der Waals surface area contributed by atoms with Crippen LogP contribution in [0.15, 0.2) is 28.9 Å². The van der Waals surface area contributed by atoms with E-state index in [1.54, 1.807) is 39.0 Å². The van der Waals surface area contributed by atoms with Crippen molar-refractivity contribution in [2.45, 2.75) is 45.8 Å². The molecule has 0 aliphatic carbocycles. The number of nitrogens with one attached hydrogen (secondary N) is 1. The number of rotatable bonds is 4. The van der Waals surface area contributed by atoms with Crippen LogP contribution < -0.4 is 5.32 Å². The van der Waals surface area contributed by atoms with E-state index in [1.165, 1.54) is 6.26 Å². The molecule has 0 radical (unpaired) electrons. The molecule has 23 heavy (non-hydrogen) atoms. The van der Waals surface area contributed by atoms with E-state index in [9.17, 15) is 14.7 Å². The first-order valence-corrected chi connectivity index (χ1v) is 7.38. The van der Waals surface area contributed by atoms with Crippen LogP contribution in [0.2, 0.25) is 0 Å². The van der Waals surface area contributed by atoms with Gasteiger partial charge in [-0.25, -0.2) is 9.59 Å². The van der Waals surface area contributed by atoms with Crippen LogP contribution in [0.1, 0.15) is 43.6 Å². The first-order valence-electron chi connectivity index (χ1n) is 7.38. The van der Waals surface area contributed by atoms with Crippen molar-refractivity contribution in [1.82, 2.24) is 5.32 Å². The van der Waals surface area contributed by atoms with E-state index in [0.29, 0.717) is 12.0 Å². The standard InChI is InChI=1S/C17H21NO5/c1-10(18-16(21)23-17(2,3)4)7-12-9-13(15(19)20)8-11-5-6-22-14(11)12/h5-6,8-10H,7H2,1-4H3,(H,18,21)(H,19,20). The van der Waals surface area contributed by atoms with Crippen molar-refractivity contribution in [3.8, 4) is 0 Å². The molecular weight excluding hydrogens is 298 g/mol. The molecule has 6 nitrogen and oxygen atoms in total. The second-order valence-electron chi connectivity index (χ2n) is 6.53. The summed E-state index contributed by atoms with van der Waals surface area (Å²) in [6, 6.07) is 4.62. The molecule has 1 atom stereocenters. The first-order chi connectivity index (χ1) is 10.7. The first kappa shape index (κ1) is 16.9. The van der Waals surface area contributed by atoms with Gasteiger partial charge in [-0.05, 0) is 57.9 Å². The van der Waals surface area contributed by atoms with Crippen LogP contribution in [-0.4, -0.2) is 28.8 Å². The molecule has 1 unspecified atom stereocenters. The summed E-state index contributed by atoms with van der Waals surface area (Å²) in [7, 11) is 0. The lowest BCUT2D eigenvalue weighted by molar-refractivity contribution is 0.0507. The highest BCUT2D eigenvalue weighted by Crippen LogP contribution is 2.24. The van der Waals surface area contributed by atoms with Gasteiger partial charge in [0, 0.05) is 11.4 Å². The zero-order valence-electron chi connectivity index (χ0n) is 13.7. The van der Waals surface area contributed by atoms with Crippen LogP contribution in [0.5, 0.6) is 0 Å². The summed E-state index contributed by atoms with van der Waals surface area (Å²) in [6.07, 6.45) is 1.45. The van der Waals surface area contributed by atoms with Crippen LogP contribution in [0.25, 0.3) is 11.0 Å². The third-order valence-corrected chi connectivity index (χ3v) is 3.16. The number of fused-ring (bicyclic) bond motifs is 1. The van der Waals surface area contributed by atoms with Crippen molar-refractivity contribution < 1.29 is 23.8 Å². The number of ether oxygens (including phenoxy) is 1. The Hall–Kier alpha value is -2.50. The van der Waals surface area contributed by atoms with Gasteiger partial charge >= 0.3 is 12.1 Å². The molecule has 2 rings (SSSR count). The normalized spacial score (nSPS) is 12.9. The van der Waals surface area contributed by atoms with Crippen LogP contribution in [0.4, 0.5) is 4.79 Å². The average molecular weight is 319 g/mol. The molecule has 0 bridgehead atoms. The van der Waals surface area contributed by atoms with Crippen molar-refractivity contribution in [3.05, 3.63) is 35.6 Å². The van der Waals surface area contributed by atoms with Crippen LogP contribution in [0, 0.1) is 0 Å². The Morgan fingerprint density at radius 3 is 2.65 bits per heavy atom. The number of amides is 1. The number of carbonyl (C=O) groups excluding carboxylic acids is 1. The van der Waals surface area contributed by atoms with E-state index in [4.69, 9.17) is 9.15 Å².